The molecule has 0 aliphatic heterocycles. The molecule has 3 heteroatoms. The summed E-state index contributed by atoms with van der Waals surface area (Å²) in [4.78, 5) is 11.1. The summed E-state index contributed by atoms with van der Waals surface area (Å²) in [5.74, 6) is 8.86. The van der Waals surface area contributed by atoms with Crippen LogP contribution in [0.4, 0.5) is 0 Å². The predicted octanol–water partition coefficient (Wildman–Crippen LogP) is 4.19. The molecule has 1 aliphatic rings. The lowest BCUT2D eigenvalue weighted by molar-refractivity contribution is -0.119. The Labute approximate surface area is 162 Å². The third kappa shape index (κ3) is 6.18. The lowest BCUT2D eigenvalue weighted by Gasteiger charge is -2.12. The Hall–Kier alpha value is -2.73. The summed E-state index contributed by atoms with van der Waals surface area (Å²) in [5, 5.41) is 2.90. The highest BCUT2D eigenvalue weighted by atomic mass is 16.5. The van der Waals surface area contributed by atoms with Crippen LogP contribution in [-0.2, 0) is 11.2 Å². The molecule has 1 fully saturated rings. The number of nitrogens with one attached hydrogen (secondary N) is 1. The van der Waals surface area contributed by atoms with Crippen molar-refractivity contribution in [3.05, 3.63) is 65.2 Å². The summed E-state index contributed by atoms with van der Waals surface area (Å²) >= 11 is 0. The van der Waals surface area contributed by atoms with Gasteiger partial charge < -0.3 is 10.1 Å². The smallest absolute Gasteiger partial charge is 0.217 e. The van der Waals surface area contributed by atoms with E-state index in [1.807, 2.05) is 43.3 Å². The molecule has 3 nitrogen and oxygen atoms in total. The Kier molecular flexibility index (Phi) is 6.19. The minimum Gasteiger partial charge on any atom is -0.493 e. The topological polar surface area (TPSA) is 38.3 Å². The van der Waals surface area contributed by atoms with Crippen molar-refractivity contribution in [3.8, 4) is 17.6 Å². The van der Waals surface area contributed by atoms with Gasteiger partial charge in [-0.3, -0.25) is 4.79 Å². The van der Waals surface area contributed by atoms with Crippen LogP contribution in [0.3, 0.4) is 0 Å². The Morgan fingerprint density at radius 1 is 1.11 bits per heavy atom. The largest absolute Gasteiger partial charge is 0.493 e. The summed E-state index contributed by atoms with van der Waals surface area (Å²) in [7, 11) is 0. The van der Waals surface area contributed by atoms with E-state index in [4.69, 9.17) is 4.74 Å². The molecule has 0 bridgehead atoms. The van der Waals surface area contributed by atoms with Gasteiger partial charge in [0, 0.05) is 24.1 Å². The number of hydrogen-bond acceptors (Lipinski definition) is 2. The van der Waals surface area contributed by atoms with E-state index in [-0.39, 0.29) is 11.9 Å². The van der Waals surface area contributed by atoms with Crippen molar-refractivity contribution in [3.63, 3.8) is 0 Å². The van der Waals surface area contributed by atoms with Crippen molar-refractivity contribution >= 4 is 5.91 Å². The van der Waals surface area contributed by atoms with Crippen molar-refractivity contribution in [1.82, 2.24) is 5.32 Å². The van der Waals surface area contributed by atoms with E-state index in [0.29, 0.717) is 0 Å². The van der Waals surface area contributed by atoms with Gasteiger partial charge in [0.25, 0.3) is 0 Å². The molecule has 2 aromatic carbocycles. The Balaban J connectivity index is 1.53. The van der Waals surface area contributed by atoms with Crippen LogP contribution in [-0.4, -0.2) is 18.6 Å². The Bertz CT molecular complexity index is 827. The molecule has 140 valence electrons. The highest BCUT2D eigenvalue weighted by molar-refractivity contribution is 5.73. The maximum absolute atomic E-state index is 11.1. The van der Waals surface area contributed by atoms with Crippen LogP contribution in [0.25, 0.3) is 0 Å². The zero-order chi connectivity index (χ0) is 19.2. The first-order chi connectivity index (χ1) is 13.0. The number of benzene rings is 2. The molecule has 1 amide bonds. The van der Waals surface area contributed by atoms with Gasteiger partial charge in [0.05, 0.1) is 6.61 Å². The van der Waals surface area contributed by atoms with E-state index >= 15 is 0 Å². The molecule has 27 heavy (non-hydrogen) atoms. The fourth-order valence-corrected chi connectivity index (χ4v) is 3.09. The molecule has 1 aliphatic carbocycles. The van der Waals surface area contributed by atoms with E-state index < -0.39 is 0 Å². The van der Waals surface area contributed by atoms with Crippen molar-refractivity contribution in [2.45, 2.75) is 39.7 Å². The minimum absolute atomic E-state index is 0.00324. The third-order valence-electron chi connectivity index (χ3n) is 4.89. The van der Waals surface area contributed by atoms with Crippen LogP contribution < -0.4 is 10.1 Å². The summed E-state index contributed by atoms with van der Waals surface area (Å²) in [6.07, 6.45) is 2.10. The zero-order valence-corrected chi connectivity index (χ0v) is 16.3. The first-order valence-corrected chi connectivity index (χ1v) is 9.60. The zero-order valence-electron chi connectivity index (χ0n) is 16.3. The molecule has 2 aromatic rings. The highest BCUT2D eigenvalue weighted by Gasteiger charge is 2.32. The van der Waals surface area contributed by atoms with E-state index in [0.717, 1.165) is 41.7 Å². The van der Waals surface area contributed by atoms with Gasteiger partial charge in [-0.25, -0.2) is 0 Å². The van der Waals surface area contributed by atoms with Crippen LogP contribution in [0.15, 0.2) is 48.5 Å². The lowest BCUT2D eigenvalue weighted by atomic mass is 10.0. The number of ether oxygens (including phenoxy) is 1. The fraction of sp³-hybridized carbons (Fsp3) is 0.375. The van der Waals surface area contributed by atoms with E-state index in [2.05, 4.69) is 36.2 Å². The summed E-state index contributed by atoms with van der Waals surface area (Å²) in [5.41, 5.74) is 3.15. The summed E-state index contributed by atoms with van der Waals surface area (Å²) < 4.78 is 5.81. The number of carbonyl (C=O) groups is 1. The van der Waals surface area contributed by atoms with Gasteiger partial charge in [-0.15, -0.1) is 0 Å². The van der Waals surface area contributed by atoms with Gasteiger partial charge in [-0.05, 0) is 73.6 Å². The first kappa shape index (κ1) is 19.0. The summed E-state index contributed by atoms with van der Waals surface area (Å²) in [6.45, 7) is 6.64. The second-order valence-electron chi connectivity index (χ2n) is 7.56. The van der Waals surface area contributed by atoms with Gasteiger partial charge in [-0.1, -0.05) is 30.9 Å². The maximum atomic E-state index is 11.1. The predicted molar refractivity (Wildman–Crippen MR) is 109 cm³/mol. The second-order valence-corrected chi connectivity index (χ2v) is 7.56. The highest BCUT2D eigenvalue weighted by Crippen LogP contribution is 2.37. The van der Waals surface area contributed by atoms with Gasteiger partial charge in [0.15, 0.2) is 0 Å². The van der Waals surface area contributed by atoms with Crippen molar-refractivity contribution in [1.29, 1.82) is 0 Å². The van der Waals surface area contributed by atoms with Crippen molar-refractivity contribution in [2.75, 3.05) is 6.61 Å². The normalized spacial score (nSPS) is 18.8. The number of carbonyl (C=O) groups excluding carboxylic acids is 1. The molecule has 0 heterocycles. The maximum Gasteiger partial charge on any atom is 0.217 e. The first-order valence-electron chi connectivity index (χ1n) is 9.60. The van der Waals surface area contributed by atoms with Crippen molar-refractivity contribution in [2.24, 2.45) is 11.8 Å². The summed E-state index contributed by atoms with van der Waals surface area (Å²) in [6, 6.07) is 16.3. The molecule has 3 atom stereocenters. The number of rotatable bonds is 6. The van der Waals surface area contributed by atoms with E-state index in [1.165, 1.54) is 12.0 Å². The average Bonchev–Trinajstić information content (AvgIpc) is 3.35. The molecule has 0 radical (unpaired) electrons. The number of amides is 1. The average molecular weight is 361 g/mol. The molecule has 1 N–H and O–H groups in total. The molecule has 0 saturated heterocycles. The molecule has 1 saturated carbocycles. The standard InChI is InChI=1S/C24H27NO2/c1-17-14-23(17)16-27-24-12-10-21(11-13-24)5-4-20-6-8-22(9-7-20)15-18(2)25-19(3)26/h6-13,17-18,23H,14-16H2,1-3H3,(H,25,26). The second kappa shape index (κ2) is 8.77. The van der Waals surface area contributed by atoms with Crippen LogP contribution >= 0.6 is 0 Å². The molecule has 3 unspecified atom stereocenters. The number of hydrogen-bond donors (Lipinski definition) is 1. The van der Waals surface area contributed by atoms with E-state index in [9.17, 15) is 4.79 Å². The lowest BCUT2D eigenvalue weighted by Crippen LogP contribution is -2.31. The van der Waals surface area contributed by atoms with Gasteiger partial charge in [0.2, 0.25) is 5.91 Å². The van der Waals surface area contributed by atoms with E-state index in [1.54, 1.807) is 6.92 Å². The van der Waals surface area contributed by atoms with Gasteiger partial charge >= 0.3 is 0 Å². The van der Waals surface area contributed by atoms with Crippen LogP contribution in [0, 0.1) is 23.7 Å². The molecular formula is C24H27NO2. The van der Waals surface area contributed by atoms with Crippen LogP contribution in [0.5, 0.6) is 5.75 Å². The molecule has 3 rings (SSSR count). The quantitative estimate of drug-likeness (QED) is 0.784. The fourth-order valence-electron chi connectivity index (χ4n) is 3.09. The molecule has 0 spiro atoms. The Morgan fingerprint density at radius 2 is 1.67 bits per heavy atom. The Morgan fingerprint density at radius 3 is 2.19 bits per heavy atom. The third-order valence-corrected chi connectivity index (χ3v) is 4.89. The molecule has 0 aromatic heterocycles. The van der Waals surface area contributed by atoms with Crippen LogP contribution in [0.2, 0.25) is 0 Å². The van der Waals surface area contributed by atoms with Crippen LogP contribution in [0.1, 0.15) is 43.9 Å². The van der Waals surface area contributed by atoms with Gasteiger partial charge in [0.1, 0.15) is 5.75 Å². The van der Waals surface area contributed by atoms with Crippen molar-refractivity contribution < 1.29 is 9.53 Å². The SMILES string of the molecule is CC(=O)NC(C)Cc1ccc(C#Cc2ccc(OCC3CC3C)cc2)cc1. The molecular weight excluding hydrogens is 334 g/mol. The monoisotopic (exact) mass is 361 g/mol. The van der Waals surface area contributed by atoms with Gasteiger partial charge in [-0.2, -0.15) is 0 Å². The minimum atomic E-state index is 0.00324.